The molecule has 26 heavy (non-hydrogen) atoms. The lowest BCUT2D eigenvalue weighted by Crippen LogP contribution is -2.48. The van der Waals surface area contributed by atoms with Gasteiger partial charge >= 0.3 is 0 Å². The van der Waals surface area contributed by atoms with Crippen LogP contribution in [0.5, 0.6) is 0 Å². The van der Waals surface area contributed by atoms with Gasteiger partial charge < -0.3 is 9.80 Å². The predicted molar refractivity (Wildman–Crippen MR) is 106 cm³/mol. The van der Waals surface area contributed by atoms with Gasteiger partial charge in [0.1, 0.15) is 5.69 Å². The van der Waals surface area contributed by atoms with E-state index in [0.717, 1.165) is 28.8 Å². The maximum Gasteiger partial charge on any atom is 0.272 e. The fourth-order valence-electron chi connectivity index (χ4n) is 3.18. The lowest BCUT2D eigenvalue weighted by molar-refractivity contribution is 0.0741. The van der Waals surface area contributed by atoms with Crippen molar-refractivity contribution in [2.24, 2.45) is 0 Å². The predicted octanol–water partition coefficient (Wildman–Crippen LogP) is 3.80. The molecule has 0 aliphatic carbocycles. The molecule has 1 saturated heterocycles. The van der Waals surface area contributed by atoms with Gasteiger partial charge in [-0.2, -0.15) is 5.10 Å². The maximum absolute atomic E-state index is 12.8. The van der Waals surface area contributed by atoms with Crippen LogP contribution in [0, 0.1) is 0 Å². The van der Waals surface area contributed by atoms with Crippen molar-refractivity contribution >= 4 is 27.5 Å². The number of hydrogen-bond acceptors (Lipinski definition) is 3. The Labute approximate surface area is 160 Å². The number of benzene rings is 2. The van der Waals surface area contributed by atoms with E-state index in [1.54, 1.807) is 0 Å². The first kappa shape index (κ1) is 16.8. The maximum atomic E-state index is 12.8. The molecule has 1 aliphatic heterocycles. The fourth-order valence-corrected chi connectivity index (χ4v) is 3.44. The van der Waals surface area contributed by atoms with Crippen molar-refractivity contribution in [1.29, 1.82) is 0 Å². The second-order valence-electron chi connectivity index (χ2n) is 6.29. The second kappa shape index (κ2) is 7.33. The van der Waals surface area contributed by atoms with Crippen molar-refractivity contribution in [2.75, 3.05) is 31.1 Å². The van der Waals surface area contributed by atoms with Gasteiger partial charge in [-0.05, 0) is 30.3 Å². The third-order valence-corrected chi connectivity index (χ3v) is 5.17. The molecule has 1 aromatic heterocycles. The van der Waals surface area contributed by atoms with Gasteiger partial charge in [-0.15, -0.1) is 0 Å². The number of rotatable bonds is 3. The fraction of sp³-hybridized carbons (Fsp3) is 0.200. The smallest absolute Gasteiger partial charge is 0.272 e. The Bertz CT molecular complexity index is 884. The van der Waals surface area contributed by atoms with E-state index < -0.39 is 0 Å². The van der Waals surface area contributed by atoms with Crippen LogP contribution in [0.25, 0.3) is 11.3 Å². The van der Waals surface area contributed by atoms with Gasteiger partial charge in [-0.3, -0.25) is 9.89 Å². The number of H-pyrrole nitrogens is 1. The van der Waals surface area contributed by atoms with E-state index >= 15 is 0 Å². The molecule has 0 saturated carbocycles. The van der Waals surface area contributed by atoms with E-state index in [4.69, 9.17) is 0 Å². The molecule has 132 valence electrons. The molecule has 0 radical (unpaired) electrons. The van der Waals surface area contributed by atoms with Crippen molar-refractivity contribution < 1.29 is 4.79 Å². The van der Waals surface area contributed by atoms with Gasteiger partial charge in [-0.1, -0.05) is 46.3 Å². The van der Waals surface area contributed by atoms with Crippen LogP contribution in [0.4, 0.5) is 5.69 Å². The van der Waals surface area contributed by atoms with Crippen molar-refractivity contribution in [3.05, 3.63) is 70.8 Å². The van der Waals surface area contributed by atoms with E-state index in [-0.39, 0.29) is 5.91 Å². The summed E-state index contributed by atoms with van der Waals surface area (Å²) in [5, 5.41) is 7.19. The van der Waals surface area contributed by atoms with Crippen LogP contribution in [0.1, 0.15) is 10.5 Å². The monoisotopic (exact) mass is 410 g/mol. The van der Waals surface area contributed by atoms with Gasteiger partial charge in [0.15, 0.2) is 0 Å². The molecule has 0 atom stereocenters. The van der Waals surface area contributed by atoms with E-state index in [1.807, 2.05) is 53.4 Å². The molecule has 0 bridgehead atoms. The summed E-state index contributed by atoms with van der Waals surface area (Å²) in [4.78, 5) is 17.0. The quantitative estimate of drug-likeness (QED) is 0.714. The number of aromatic nitrogens is 2. The van der Waals surface area contributed by atoms with E-state index in [0.29, 0.717) is 18.8 Å². The lowest BCUT2D eigenvalue weighted by atomic mass is 10.1. The van der Waals surface area contributed by atoms with Crippen molar-refractivity contribution in [3.8, 4) is 11.3 Å². The van der Waals surface area contributed by atoms with E-state index in [1.165, 1.54) is 5.69 Å². The lowest BCUT2D eigenvalue weighted by Gasteiger charge is -2.35. The van der Waals surface area contributed by atoms with Gasteiger partial charge in [0, 0.05) is 41.9 Å². The highest BCUT2D eigenvalue weighted by Crippen LogP contribution is 2.22. The molecule has 1 fully saturated rings. The summed E-state index contributed by atoms with van der Waals surface area (Å²) in [5.74, 6) is 0.00794. The molecule has 1 N–H and O–H groups in total. The number of halogens is 1. The Morgan fingerprint density at radius 2 is 1.65 bits per heavy atom. The molecule has 5 nitrogen and oxygen atoms in total. The Balaban J connectivity index is 1.42. The summed E-state index contributed by atoms with van der Waals surface area (Å²) in [6.45, 7) is 3.09. The molecular formula is C20H19BrN4O. The minimum atomic E-state index is 0.00794. The highest BCUT2D eigenvalue weighted by molar-refractivity contribution is 9.10. The number of nitrogens with one attached hydrogen (secondary N) is 1. The van der Waals surface area contributed by atoms with Crippen molar-refractivity contribution in [2.45, 2.75) is 0 Å². The van der Waals surface area contributed by atoms with Gasteiger partial charge in [0.2, 0.25) is 0 Å². The Kier molecular flexibility index (Phi) is 4.75. The third-order valence-electron chi connectivity index (χ3n) is 4.64. The molecule has 0 unspecified atom stereocenters. The average molecular weight is 411 g/mol. The van der Waals surface area contributed by atoms with Crippen LogP contribution in [0.3, 0.4) is 0 Å². The highest BCUT2D eigenvalue weighted by atomic mass is 79.9. The van der Waals surface area contributed by atoms with Gasteiger partial charge in [-0.25, -0.2) is 0 Å². The summed E-state index contributed by atoms with van der Waals surface area (Å²) in [7, 11) is 0. The molecule has 0 spiro atoms. The van der Waals surface area contributed by atoms with Crippen LogP contribution in [0.2, 0.25) is 0 Å². The molecular weight excluding hydrogens is 392 g/mol. The minimum absolute atomic E-state index is 0.00794. The van der Waals surface area contributed by atoms with E-state index in [9.17, 15) is 4.79 Å². The molecule has 6 heteroatoms. The zero-order valence-electron chi connectivity index (χ0n) is 14.2. The molecule has 1 aliphatic rings. The number of aromatic amines is 1. The van der Waals surface area contributed by atoms with Crippen LogP contribution in [-0.4, -0.2) is 47.2 Å². The highest BCUT2D eigenvalue weighted by Gasteiger charge is 2.23. The first-order chi connectivity index (χ1) is 12.7. The van der Waals surface area contributed by atoms with Crippen LogP contribution >= 0.6 is 15.9 Å². The number of para-hydroxylation sites is 1. The number of carbonyl (C=O) groups is 1. The molecule has 1 amide bonds. The molecule has 2 aromatic carbocycles. The summed E-state index contributed by atoms with van der Waals surface area (Å²) in [5.41, 5.74) is 3.51. The summed E-state index contributed by atoms with van der Waals surface area (Å²) < 4.78 is 1.02. The third kappa shape index (κ3) is 3.51. The van der Waals surface area contributed by atoms with Crippen molar-refractivity contribution in [1.82, 2.24) is 15.1 Å². The van der Waals surface area contributed by atoms with Crippen LogP contribution in [0.15, 0.2) is 65.1 Å². The number of amides is 1. The summed E-state index contributed by atoms with van der Waals surface area (Å²) in [6.07, 6.45) is 0. The number of hydrogen-bond donors (Lipinski definition) is 1. The molecule has 2 heterocycles. The zero-order chi connectivity index (χ0) is 17.9. The molecule has 4 rings (SSSR count). The van der Waals surface area contributed by atoms with E-state index in [2.05, 4.69) is 43.2 Å². The van der Waals surface area contributed by atoms with Gasteiger partial charge in [0.25, 0.3) is 5.91 Å². The van der Waals surface area contributed by atoms with Crippen LogP contribution < -0.4 is 4.90 Å². The number of carbonyl (C=O) groups excluding carboxylic acids is 1. The SMILES string of the molecule is O=C(c1cc(-c2ccc(Br)cc2)n[nH]1)N1CCN(c2ccccc2)CC1. The number of piperazine rings is 1. The first-order valence-electron chi connectivity index (χ1n) is 8.61. The Morgan fingerprint density at radius 3 is 2.35 bits per heavy atom. The average Bonchev–Trinajstić information content (AvgIpc) is 3.19. The zero-order valence-corrected chi connectivity index (χ0v) is 15.8. The minimum Gasteiger partial charge on any atom is -0.368 e. The standard InChI is InChI=1S/C20H19BrN4O/c21-16-8-6-15(7-9-16)18-14-19(23-22-18)20(26)25-12-10-24(11-13-25)17-4-2-1-3-5-17/h1-9,14H,10-13H2,(H,22,23). The van der Waals surface area contributed by atoms with Gasteiger partial charge in [0.05, 0.1) is 5.69 Å². The summed E-state index contributed by atoms with van der Waals surface area (Å²) >= 11 is 3.43. The van der Waals surface area contributed by atoms with Crippen molar-refractivity contribution in [3.63, 3.8) is 0 Å². The Morgan fingerprint density at radius 1 is 0.962 bits per heavy atom. The second-order valence-corrected chi connectivity index (χ2v) is 7.20. The van der Waals surface area contributed by atoms with Crippen LogP contribution in [-0.2, 0) is 0 Å². The molecule has 3 aromatic rings. The normalized spacial score (nSPS) is 14.5. The largest absolute Gasteiger partial charge is 0.368 e. The first-order valence-corrected chi connectivity index (χ1v) is 9.40. The number of anilines is 1. The topological polar surface area (TPSA) is 52.2 Å². The summed E-state index contributed by atoms with van der Waals surface area (Å²) in [6, 6.07) is 20.0. The Hall–Kier alpha value is -2.60. The number of nitrogens with zero attached hydrogens (tertiary/aromatic N) is 3.